The van der Waals surface area contributed by atoms with Gasteiger partial charge in [-0.05, 0) is 116 Å². The maximum absolute atomic E-state index is 12.9. The van der Waals surface area contributed by atoms with Crippen LogP contribution < -0.4 is 0 Å². The SMILES string of the molecule is CCCCC/C=C\C/C=C\C/C=C\C/C=C\CCCC(=O)OC[C@H](COC(=O)CCCCCCC/C=C\C/C=C\CCCCC)OC(=O)CCCCCCCCCCCCC/C=C\CCCCCCCC. The molecule has 0 aromatic heterocycles. The lowest BCUT2D eigenvalue weighted by molar-refractivity contribution is -0.167. The van der Waals surface area contributed by atoms with Crippen molar-refractivity contribution in [2.24, 2.45) is 0 Å². The van der Waals surface area contributed by atoms with Gasteiger partial charge >= 0.3 is 17.9 Å². The molecule has 0 heterocycles. The molecular weight excluding hydrogens is 877 g/mol. The van der Waals surface area contributed by atoms with Crippen LogP contribution in [-0.4, -0.2) is 37.2 Å². The van der Waals surface area contributed by atoms with Gasteiger partial charge in [0.15, 0.2) is 6.10 Å². The van der Waals surface area contributed by atoms with Gasteiger partial charge in [0.2, 0.25) is 0 Å². The van der Waals surface area contributed by atoms with E-state index >= 15 is 0 Å². The summed E-state index contributed by atoms with van der Waals surface area (Å²) in [6.45, 7) is 6.54. The summed E-state index contributed by atoms with van der Waals surface area (Å²) < 4.78 is 16.8. The maximum atomic E-state index is 12.9. The highest BCUT2D eigenvalue weighted by Gasteiger charge is 2.19. The van der Waals surface area contributed by atoms with Crippen molar-refractivity contribution in [1.82, 2.24) is 0 Å². The van der Waals surface area contributed by atoms with E-state index in [4.69, 9.17) is 14.2 Å². The molecule has 6 nitrogen and oxygen atoms in total. The first-order valence-electron chi connectivity index (χ1n) is 30.1. The van der Waals surface area contributed by atoms with Crippen molar-refractivity contribution in [3.63, 3.8) is 0 Å². The molecule has 408 valence electrons. The predicted molar refractivity (Wildman–Crippen MR) is 307 cm³/mol. The smallest absolute Gasteiger partial charge is 0.306 e. The first-order chi connectivity index (χ1) is 35.0. The molecule has 0 aromatic rings. The molecule has 0 aliphatic carbocycles. The fourth-order valence-electron chi connectivity index (χ4n) is 8.28. The minimum absolute atomic E-state index is 0.101. The second-order valence-electron chi connectivity index (χ2n) is 19.9. The summed E-state index contributed by atoms with van der Waals surface area (Å²) in [5.74, 6) is -0.964. The molecule has 0 N–H and O–H groups in total. The van der Waals surface area contributed by atoms with E-state index in [1.807, 2.05) is 0 Å². The van der Waals surface area contributed by atoms with E-state index in [1.165, 1.54) is 154 Å². The molecule has 0 fully saturated rings. The van der Waals surface area contributed by atoms with Crippen LogP contribution in [0.25, 0.3) is 0 Å². The molecular formula is C65H112O6. The molecule has 0 unspecified atom stereocenters. The number of carbonyl (C=O) groups is 3. The third kappa shape index (κ3) is 57.4. The summed E-state index contributed by atoms with van der Waals surface area (Å²) in [6, 6.07) is 0. The summed E-state index contributed by atoms with van der Waals surface area (Å²) in [4.78, 5) is 38.2. The van der Waals surface area contributed by atoms with Gasteiger partial charge in [-0.1, -0.05) is 241 Å². The van der Waals surface area contributed by atoms with Gasteiger partial charge in [-0.2, -0.15) is 0 Å². The fraction of sp³-hybridized carbons (Fsp3) is 0.738. The molecule has 0 rings (SSSR count). The van der Waals surface area contributed by atoms with E-state index in [-0.39, 0.29) is 37.5 Å². The van der Waals surface area contributed by atoms with Crippen LogP contribution in [0.1, 0.15) is 290 Å². The summed E-state index contributed by atoms with van der Waals surface area (Å²) in [5, 5.41) is 0. The largest absolute Gasteiger partial charge is 0.462 e. The average Bonchev–Trinajstić information content (AvgIpc) is 3.37. The van der Waals surface area contributed by atoms with E-state index < -0.39 is 6.10 Å². The zero-order valence-corrected chi connectivity index (χ0v) is 46.7. The average molecular weight is 990 g/mol. The van der Waals surface area contributed by atoms with Crippen molar-refractivity contribution in [3.8, 4) is 0 Å². The highest BCUT2D eigenvalue weighted by molar-refractivity contribution is 5.71. The Kier molecular flexibility index (Phi) is 56.3. The van der Waals surface area contributed by atoms with Gasteiger partial charge in [-0.15, -0.1) is 0 Å². The number of hydrogen-bond acceptors (Lipinski definition) is 6. The summed E-state index contributed by atoms with van der Waals surface area (Å²) in [6.07, 6.45) is 77.2. The van der Waals surface area contributed by atoms with Crippen LogP contribution in [0.2, 0.25) is 0 Å². The Hall–Kier alpha value is -3.41. The first kappa shape index (κ1) is 67.6. The van der Waals surface area contributed by atoms with E-state index in [0.29, 0.717) is 19.3 Å². The lowest BCUT2D eigenvalue weighted by Gasteiger charge is -2.18. The molecule has 0 spiro atoms. The summed E-state index contributed by atoms with van der Waals surface area (Å²) in [7, 11) is 0. The van der Waals surface area contributed by atoms with Crippen molar-refractivity contribution in [1.29, 1.82) is 0 Å². The highest BCUT2D eigenvalue weighted by atomic mass is 16.6. The van der Waals surface area contributed by atoms with Gasteiger partial charge < -0.3 is 14.2 Å². The van der Waals surface area contributed by atoms with Crippen LogP contribution in [0.5, 0.6) is 0 Å². The van der Waals surface area contributed by atoms with Crippen LogP contribution in [-0.2, 0) is 28.6 Å². The standard InChI is InChI=1S/C65H112O6/c1-4-7-10-13-16-19-22-25-28-30-31-32-33-35-38-41-44-47-50-53-56-59-65(68)71-62(60-69-63(66)57-54-51-48-45-42-39-36-27-24-21-18-15-12-9-6-3)61-70-64(67)58-55-52-49-46-43-40-37-34-29-26-23-20-17-14-11-8-5-2/h17-18,20-21,25-29,36-37,40,46,49,62H,4-16,19,22-24,30-35,38-39,41-45,47-48,50-61H2,1-3H3/b20-17-,21-18-,28-25-,29-26-,36-27-,40-37-,49-46-/t62-/m0/s1. The molecule has 0 radical (unpaired) electrons. The Morgan fingerprint density at radius 2 is 0.521 bits per heavy atom. The van der Waals surface area contributed by atoms with Crippen LogP contribution >= 0.6 is 0 Å². The van der Waals surface area contributed by atoms with Gasteiger partial charge in [0, 0.05) is 19.3 Å². The predicted octanol–water partition coefficient (Wildman–Crippen LogP) is 20.3. The Morgan fingerprint density at radius 3 is 0.887 bits per heavy atom. The number of unbranched alkanes of at least 4 members (excludes halogenated alkanes) is 29. The Balaban J connectivity index is 4.45. The Labute approximate surface area is 439 Å². The lowest BCUT2D eigenvalue weighted by Crippen LogP contribution is -2.30. The van der Waals surface area contributed by atoms with Crippen LogP contribution in [0.3, 0.4) is 0 Å². The number of carbonyl (C=O) groups excluding carboxylic acids is 3. The minimum Gasteiger partial charge on any atom is -0.462 e. The first-order valence-corrected chi connectivity index (χ1v) is 30.1. The van der Waals surface area contributed by atoms with Crippen LogP contribution in [0.15, 0.2) is 85.1 Å². The van der Waals surface area contributed by atoms with E-state index in [9.17, 15) is 14.4 Å². The summed E-state index contributed by atoms with van der Waals surface area (Å²) in [5.41, 5.74) is 0. The number of esters is 3. The quantitative estimate of drug-likeness (QED) is 0.0261. The second-order valence-corrected chi connectivity index (χ2v) is 19.9. The number of ether oxygens (including phenoxy) is 3. The topological polar surface area (TPSA) is 78.9 Å². The van der Waals surface area contributed by atoms with Gasteiger partial charge in [0.05, 0.1) is 0 Å². The van der Waals surface area contributed by atoms with Crippen molar-refractivity contribution in [2.75, 3.05) is 13.2 Å². The number of allylic oxidation sites excluding steroid dienone is 14. The van der Waals surface area contributed by atoms with E-state index in [1.54, 1.807) is 0 Å². The molecule has 0 amide bonds. The van der Waals surface area contributed by atoms with Crippen LogP contribution in [0, 0.1) is 0 Å². The molecule has 71 heavy (non-hydrogen) atoms. The summed E-state index contributed by atoms with van der Waals surface area (Å²) >= 11 is 0. The lowest BCUT2D eigenvalue weighted by atomic mass is 10.0. The molecule has 0 saturated carbocycles. The highest BCUT2D eigenvalue weighted by Crippen LogP contribution is 2.15. The molecule has 0 bridgehead atoms. The maximum Gasteiger partial charge on any atom is 0.306 e. The van der Waals surface area contributed by atoms with Crippen LogP contribution in [0.4, 0.5) is 0 Å². The molecule has 1 atom stereocenters. The normalized spacial score (nSPS) is 12.7. The van der Waals surface area contributed by atoms with Crippen molar-refractivity contribution in [3.05, 3.63) is 85.1 Å². The zero-order valence-electron chi connectivity index (χ0n) is 46.7. The minimum atomic E-state index is -0.806. The molecule has 0 saturated heterocycles. The Morgan fingerprint density at radius 1 is 0.282 bits per heavy atom. The Bertz CT molecular complexity index is 1370. The number of hydrogen-bond donors (Lipinski definition) is 0. The second kappa shape index (κ2) is 59.2. The van der Waals surface area contributed by atoms with Gasteiger partial charge in [0.1, 0.15) is 13.2 Å². The number of rotatable bonds is 54. The van der Waals surface area contributed by atoms with Gasteiger partial charge in [-0.25, -0.2) is 0 Å². The zero-order chi connectivity index (χ0) is 51.4. The monoisotopic (exact) mass is 989 g/mol. The fourth-order valence-corrected chi connectivity index (χ4v) is 8.28. The molecule has 6 heteroatoms. The van der Waals surface area contributed by atoms with Crippen molar-refractivity contribution < 1.29 is 28.6 Å². The van der Waals surface area contributed by atoms with Crippen molar-refractivity contribution >= 4 is 17.9 Å². The molecule has 0 aromatic carbocycles. The molecule has 0 aliphatic rings. The van der Waals surface area contributed by atoms with Gasteiger partial charge in [-0.3, -0.25) is 14.4 Å². The van der Waals surface area contributed by atoms with E-state index in [2.05, 4.69) is 106 Å². The molecule has 0 aliphatic heterocycles. The third-order valence-electron chi connectivity index (χ3n) is 12.8. The van der Waals surface area contributed by atoms with Crippen molar-refractivity contribution in [2.45, 2.75) is 297 Å². The third-order valence-corrected chi connectivity index (χ3v) is 12.8. The van der Waals surface area contributed by atoms with Gasteiger partial charge in [0.25, 0.3) is 0 Å². The van der Waals surface area contributed by atoms with E-state index in [0.717, 1.165) is 89.9 Å².